The molecule has 3 unspecified atom stereocenters. The van der Waals surface area contributed by atoms with Gasteiger partial charge in [0.2, 0.25) is 0 Å². The topological polar surface area (TPSA) is 3.24 Å². The van der Waals surface area contributed by atoms with E-state index >= 15 is 0 Å². The van der Waals surface area contributed by atoms with Crippen LogP contribution in [0.3, 0.4) is 0 Å². The number of hydrogen-bond donors (Lipinski definition) is 0. The predicted molar refractivity (Wildman–Crippen MR) is 62.1 cm³/mol. The zero-order chi connectivity index (χ0) is 10.9. The summed E-state index contributed by atoms with van der Waals surface area (Å²) in [5, 5.41) is 0. The quantitative estimate of drug-likeness (QED) is 0.630. The summed E-state index contributed by atoms with van der Waals surface area (Å²) in [6.45, 7) is 14.2. The summed E-state index contributed by atoms with van der Waals surface area (Å²) in [5.41, 5.74) is 0. The van der Waals surface area contributed by atoms with Crippen LogP contribution < -0.4 is 0 Å². The third-order valence-electron chi connectivity index (χ3n) is 4.57. The van der Waals surface area contributed by atoms with Crippen molar-refractivity contribution in [3.05, 3.63) is 0 Å². The fourth-order valence-electron chi connectivity index (χ4n) is 2.59. The lowest BCUT2D eigenvalue weighted by Crippen LogP contribution is -2.48. The lowest BCUT2D eigenvalue weighted by atomic mass is 10.1. The molecule has 0 aliphatic carbocycles. The van der Waals surface area contributed by atoms with Crippen LogP contribution in [0, 0.1) is 0 Å². The fraction of sp³-hybridized carbons (Fsp3) is 1.00. The van der Waals surface area contributed by atoms with Crippen molar-refractivity contribution < 1.29 is 4.48 Å². The van der Waals surface area contributed by atoms with Gasteiger partial charge in [0.05, 0.1) is 19.6 Å². The second-order valence-electron chi connectivity index (χ2n) is 5.19. The maximum atomic E-state index is 2.67. The number of likely N-dealkylation sites (N-methyl/N-ethyl adjacent to an activating group) is 1. The van der Waals surface area contributed by atoms with Gasteiger partial charge in [0, 0.05) is 6.04 Å². The number of quaternary nitrogens is 1. The molecule has 1 heterocycles. The largest absolute Gasteiger partial charge is 0.310 e. The monoisotopic (exact) mass is 199 g/mol. The molecule has 1 saturated heterocycles. The summed E-state index contributed by atoms with van der Waals surface area (Å²) in [6, 6.07) is 2.24. The maximum Gasteiger partial charge on any atom is 0.135 e. The lowest BCUT2D eigenvalue weighted by molar-refractivity contribution is -0.922. The molecule has 14 heavy (non-hydrogen) atoms. The van der Waals surface area contributed by atoms with Crippen LogP contribution in [0.15, 0.2) is 0 Å². The molecule has 1 rings (SSSR count). The zero-order valence-electron chi connectivity index (χ0n) is 10.7. The Kier molecular flexibility index (Phi) is 3.59. The first-order chi connectivity index (χ1) is 6.46. The molecule has 2 nitrogen and oxygen atoms in total. The Morgan fingerprint density at radius 2 is 1.93 bits per heavy atom. The third-order valence-corrected chi connectivity index (χ3v) is 4.57. The van der Waals surface area contributed by atoms with Crippen molar-refractivity contribution in [3.63, 3.8) is 0 Å². The first-order valence-electron chi connectivity index (χ1n) is 6.06. The first kappa shape index (κ1) is 12.0. The fourth-order valence-corrected chi connectivity index (χ4v) is 2.59. The highest BCUT2D eigenvalue weighted by molar-refractivity contribution is 4.81. The molecular weight excluding hydrogens is 172 g/mol. The van der Waals surface area contributed by atoms with Crippen molar-refractivity contribution in [1.82, 2.24) is 4.90 Å². The van der Waals surface area contributed by atoms with Crippen molar-refractivity contribution in [1.29, 1.82) is 0 Å². The van der Waals surface area contributed by atoms with E-state index in [1.807, 2.05) is 0 Å². The number of rotatable bonds is 3. The SMILES string of the molecule is CCC(C)N1C[N@+](C)(CC)C(C)C1C. The Morgan fingerprint density at radius 3 is 2.29 bits per heavy atom. The third kappa shape index (κ3) is 1.82. The van der Waals surface area contributed by atoms with Gasteiger partial charge < -0.3 is 4.48 Å². The highest BCUT2D eigenvalue weighted by Gasteiger charge is 2.45. The second kappa shape index (κ2) is 4.19. The normalized spacial score (nSPS) is 41.6. The minimum Gasteiger partial charge on any atom is -0.310 e. The molecule has 1 fully saturated rings. The molecule has 0 aromatic heterocycles. The summed E-state index contributed by atoms with van der Waals surface area (Å²) in [7, 11) is 2.39. The summed E-state index contributed by atoms with van der Waals surface area (Å²) in [5.74, 6) is 0. The standard InChI is InChI=1S/C12H27N2/c1-7-10(3)13-9-14(6,8-2)12(5)11(13)4/h10-12H,7-9H2,1-6H3/q+1/t10?,11?,12?,14-/m0/s1. The first-order valence-corrected chi connectivity index (χ1v) is 6.06. The average Bonchev–Trinajstić information content (AvgIpc) is 2.43. The Balaban J connectivity index is 2.76. The summed E-state index contributed by atoms with van der Waals surface area (Å²) < 4.78 is 1.21. The smallest absolute Gasteiger partial charge is 0.135 e. The van der Waals surface area contributed by atoms with Gasteiger partial charge in [0.15, 0.2) is 0 Å². The predicted octanol–water partition coefficient (Wildman–Crippen LogP) is 2.30. The van der Waals surface area contributed by atoms with Crippen LogP contribution in [0.25, 0.3) is 0 Å². The van der Waals surface area contributed by atoms with E-state index in [2.05, 4.69) is 46.6 Å². The minimum atomic E-state index is 0.731. The molecule has 0 radical (unpaired) electrons. The van der Waals surface area contributed by atoms with Crippen molar-refractivity contribution >= 4 is 0 Å². The van der Waals surface area contributed by atoms with Crippen molar-refractivity contribution in [3.8, 4) is 0 Å². The number of hydrogen-bond acceptors (Lipinski definition) is 1. The highest BCUT2D eigenvalue weighted by Crippen LogP contribution is 2.28. The minimum absolute atomic E-state index is 0.731. The maximum absolute atomic E-state index is 2.67. The molecule has 0 spiro atoms. The van der Waals surface area contributed by atoms with Gasteiger partial charge in [-0.15, -0.1) is 0 Å². The van der Waals surface area contributed by atoms with E-state index in [0.717, 1.165) is 18.1 Å². The van der Waals surface area contributed by atoms with E-state index in [9.17, 15) is 0 Å². The van der Waals surface area contributed by atoms with E-state index in [1.54, 1.807) is 0 Å². The van der Waals surface area contributed by atoms with Crippen LogP contribution in [0.4, 0.5) is 0 Å². The molecule has 0 bridgehead atoms. The van der Waals surface area contributed by atoms with Crippen molar-refractivity contribution in [2.24, 2.45) is 0 Å². The molecule has 0 N–H and O–H groups in total. The van der Waals surface area contributed by atoms with Gasteiger partial charge in [0.1, 0.15) is 12.7 Å². The number of nitrogens with zero attached hydrogens (tertiary/aromatic N) is 2. The molecule has 0 saturated carbocycles. The van der Waals surface area contributed by atoms with E-state index in [1.165, 1.54) is 24.1 Å². The highest BCUT2D eigenvalue weighted by atomic mass is 15.5. The lowest BCUT2D eigenvalue weighted by Gasteiger charge is -2.33. The van der Waals surface area contributed by atoms with E-state index in [-0.39, 0.29) is 0 Å². The average molecular weight is 199 g/mol. The molecule has 1 aliphatic heterocycles. The van der Waals surface area contributed by atoms with Gasteiger partial charge >= 0.3 is 0 Å². The van der Waals surface area contributed by atoms with Gasteiger partial charge in [0.25, 0.3) is 0 Å². The van der Waals surface area contributed by atoms with Gasteiger partial charge in [-0.1, -0.05) is 6.92 Å². The van der Waals surface area contributed by atoms with Gasteiger partial charge in [-0.2, -0.15) is 0 Å². The Morgan fingerprint density at radius 1 is 1.36 bits per heavy atom. The summed E-state index contributed by atoms with van der Waals surface area (Å²) in [4.78, 5) is 2.67. The van der Waals surface area contributed by atoms with Crippen LogP contribution in [-0.4, -0.2) is 47.8 Å². The molecule has 0 aromatic carbocycles. The Bertz CT molecular complexity index is 193. The molecule has 0 aromatic rings. The van der Waals surface area contributed by atoms with Crippen LogP contribution in [-0.2, 0) is 0 Å². The zero-order valence-corrected chi connectivity index (χ0v) is 10.7. The van der Waals surface area contributed by atoms with Gasteiger partial charge in [-0.25, -0.2) is 4.90 Å². The second-order valence-corrected chi connectivity index (χ2v) is 5.19. The van der Waals surface area contributed by atoms with Gasteiger partial charge in [-0.3, -0.25) is 0 Å². The molecule has 0 amide bonds. The molecule has 84 valence electrons. The van der Waals surface area contributed by atoms with E-state index < -0.39 is 0 Å². The van der Waals surface area contributed by atoms with E-state index in [4.69, 9.17) is 0 Å². The van der Waals surface area contributed by atoms with E-state index in [0.29, 0.717) is 0 Å². The molecule has 2 heteroatoms. The Labute approximate surface area is 89.5 Å². The van der Waals surface area contributed by atoms with Crippen LogP contribution in [0.5, 0.6) is 0 Å². The summed E-state index contributed by atoms with van der Waals surface area (Å²) >= 11 is 0. The van der Waals surface area contributed by atoms with Crippen molar-refractivity contribution in [2.45, 2.75) is 59.2 Å². The van der Waals surface area contributed by atoms with Crippen LogP contribution >= 0.6 is 0 Å². The van der Waals surface area contributed by atoms with Gasteiger partial charge in [-0.05, 0) is 34.1 Å². The molecule has 1 aliphatic rings. The Hall–Kier alpha value is -0.0800. The van der Waals surface area contributed by atoms with Crippen LogP contribution in [0.1, 0.15) is 41.0 Å². The molecule has 4 atom stereocenters. The summed E-state index contributed by atoms with van der Waals surface area (Å²) in [6.07, 6.45) is 1.26. The van der Waals surface area contributed by atoms with Crippen LogP contribution in [0.2, 0.25) is 0 Å². The molecular formula is C12H27N2+. The van der Waals surface area contributed by atoms with Crippen molar-refractivity contribution in [2.75, 3.05) is 20.3 Å².